The van der Waals surface area contributed by atoms with E-state index in [1.165, 1.54) is 0 Å². The van der Waals surface area contributed by atoms with Crippen molar-refractivity contribution in [1.82, 2.24) is 10.2 Å². The summed E-state index contributed by atoms with van der Waals surface area (Å²) in [4.78, 5) is 23.3. The highest BCUT2D eigenvalue weighted by Gasteiger charge is 2.40. The van der Waals surface area contributed by atoms with Gasteiger partial charge in [-0.05, 0) is 0 Å². The fourth-order valence-electron chi connectivity index (χ4n) is 1.76. The summed E-state index contributed by atoms with van der Waals surface area (Å²) in [5, 5.41) is 10.8. The Balaban J connectivity index is 2.46. The maximum atomic E-state index is 12.1. The molecule has 0 spiro atoms. The summed E-state index contributed by atoms with van der Waals surface area (Å²) in [5.41, 5.74) is 0. The average Bonchev–Trinajstić information content (AvgIpc) is 2.65. The van der Waals surface area contributed by atoms with E-state index < -0.39 is 62.5 Å². The van der Waals surface area contributed by atoms with E-state index in [9.17, 15) is 31.5 Å². The van der Waals surface area contributed by atoms with E-state index in [1.807, 2.05) is 5.32 Å². The summed E-state index contributed by atoms with van der Waals surface area (Å²) in [7, 11) is 0. The lowest BCUT2D eigenvalue weighted by Gasteiger charge is -2.18. The molecule has 2 atom stereocenters. The smallest absolute Gasteiger partial charge is 0.385 e. The Hall–Kier alpha value is -1.45. The minimum Gasteiger partial charge on any atom is -0.385 e. The molecule has 2 amide bonds. The molecule has 10 heteroatoms. The van der Waals surface area contributed by atoms with E-state index in [4.69, 9.17) is 5.11 Å². The zero-order valence-electron chi connectivity index (χ0n) is 10.2. The van der Waals surface area contributed by atoms with Gasteiger partial charge in [0.25, 0.3) is 6.43 Å². The Kier molecular flexibility index (Phi) is 5.26. The average molecular weight is 304 g/mol. The zero-order valence-corrected chi connectivity index (χ0v) is 10.2. The van der Waals surface area contributed by atoms with Crippen molar-refractivity contribution in [2.45, 2.75) is 25.1 Å². The first kappa shape index (κ1) is 16.6. The predicted molar refractivity (Wildman–Crippen MR) is 55.8 cm³/mol. The number of carbonyl (C=O) groups excluding carboxylic acids is 2. The first-order chi connectivity index (χ1) is 9.10. The van der Waals surface area contributed by atoms with Crippen LogP contribution >= 0.6 is 0 Å². The van der Waals surface area contributed by atoms with Crippen molar-refractivity contribution >= 4 is 11.8 Å². The number of carbonyl (C=O) groups is 2. The van der Waals surface area contributed by atoms with Crippen LogP contribution in [0.5, 0.6) is 0 Å². The van der Waals surface area contributed by atoms with Crippen LogP contribution in [0.3, 0.4) is 0 Å². The van der Waals surface area contributed by atoms with Crippen molar-refractivity contribution in [3.63, 3.8) is 0 Å². The fourth-order valence-corrected chi connectivity index (χ4v) is 1.76. The van der Waals surface area contributed by atoms with E-state index >= 15 is 0 Å². The number of nitrogens with one attached hydrogen (secondary N) is 1. The lowest BCUT2D eigenvalue weighted by molar-refractivity contribution is -0.157. The number of hydrogen-bond acceptors (Lipinski definition) is 3. The highest BCUT2D eigenvalue weighted by molar-refractivity contribution is 5.89. The quantitative estimate of drug-likeness (QED) is 0.710. The number of alkyl halides is 5. The third-order valence-electron chi connectivity index (χ3n) is 2.73. The van der Waals surface area contributed by atoms with Crippen LogP contribution < -0.4 is 5.32 Å². The van der Waals surface area contributed by atoms with Crippen LogP contribution in [0.25, 0.3) is 0 Å². The van der Waals surface area contributed by atoms with Crippen molar-refractivity contribution in [3.8, 4) is 0 Å². The van der Waals surface area contributed by atoms with Crippen LogP contribution in [0, 0.1) is 5.92 Å². The second-order valence-corrected chi connectivity index (χ2v) is 4.44. The molecule has 0 aromatic carbocycles. The van der Waals surface area contributed by atoms with Gasteiger partial charge in [0.2, 0.25) is 11.8 Å². The molecule has 1 rings (SSSR count). The van der Waals surface area contributed by atoms with Gasteiger partial charge in [0.15, 0.2) is 0 Å². The Morgan fingerprint density at radius 2 is 2.05 bits per heavy atom. The monoisotopic (exact) mass is 304 g/mol. The minimum atomic E-state index is -4.56. The molecule has 0 aliphatic carbocycles. The van der Waals surface area contributed by atoms with Gasteiger partial charge in [-0.3, -0.25) is 9.59 Å². The van der Waals surface area contributed by atoms with Gasteiger partial charge in [0.1, 0.15) is 12.6 Å². The molecule has 0 radical (unpaired) electrons. The number of rotatable bonds is 5. The van der Waals surface area contributed by atoms with Gasteiger partial charge < -0.3 is 15.3 Å². The Bertz CT molecular complexity index is 374. The summed E-state index contributed by atoms with van der Waals surface area (Å²) in [5.74, 6) is -2.69. The number of hydrogen-bond donors (Lipinski definition) is 2. The van der Waals surface area contributed by atoms with E-state index in [-0.39, 0.29) is 0 Å². The topological polar surface area (TPSA) is 69.6 Å². The normalized spacial score (nSPS) is 21.4. The summed E-state index contributed by atoms with van der Waals surface area (Å²) in [6.07, 6.45) is -10.1. The van der Waals surface area contributed by atoms with Crippen LogP contribution in [-0.2, 0) is 9.59 Å². The molecule has 20 heavy (non-hydrogen) atoms. The largest absolute Gasteiger partial charge is 0.406 e. The van der Waals surface area contributed by atoms with Crippen molar-refractivity contribution in [2.24, 2.45) is 5.92 Å². The highest BCUT2D eigenvalue weighted by Crippen LogP contribution is 2.23. The highest BCUT2D eigenvalue weighted by atomic mass is 19.4. The maximum absolute atomic E-state index is 12.1. The molecule has 1 aliphatic rings. The molecule has 0 aromatic rings. The van der Waals surface area contributed by atoms with Crippen molar-refractivity contribution < 1.29 is 36.6 Å². The van der Waals surface area contributed by atoms with Crippen LogP contribution in [0.1, 0.15) is 6.42 Å². The van der Waals surface area contributed by atoms with Gasteiger partial charge >= 0.3 is 6.18 Å². The van der Waals surface area contributed by atoms with Crippen LogP contribution in [-0.4, -0.2) is 60.2 Å². The Morgan fingerprint density at radius 1 is 1.45 bits per heavy atom. The van der Waals surface area contributed by atoms with Gasteiger partial charge in [-0.1, -0.05) is 0 Å². The maximum Gasteiger partial charge on any atom is 0.406 e. The van der Waals surface area contributed by atoms with Crippen molar-refractivity contribution in [1.29, 1.82) is 0 Å². The second-order valence-electron chi connectivity index (χ2n) is 4.44. The SMILES string of the molecule is O=C(NCC(O)C(F)F)C1CC(=O)N(CC(F)(F)F)C1. The lowest BCUT2D eigenvalue weighted by atomic mass is 10.1. The van der Waals surface area contributed by atoms with E-state index in [0.717, 1.165) is 0 Å². The third-order valence-corrected chi connectivity index (χ3v) is 2.73. The number of aliphatic hydroxyl groups is 1. The molecule has 0 saturated carbocycles. The second kappa shape index (κ2) is 6.33. The zero-order chi connectivity index (χ0) is 15.5. The molecule has 2 N–H and O–H groups in total. The molecule has 1 heterocycles. The number of amides is 2. The molecule has 116 valence electrons. The van der Waals surface area contributed by atoms with Gasteiger partial charge in [-0.15, -0.1) is 0 Å². The Morgan fingerprint density at radius 3 is 2.55 bits per heavy atom. The molecule has 0 aromatic heterocycles. The van der Waals surface area contributed by atoms with Crippen LogP contribution in [0.2, 0.25) is 0 Å². The van der Waals surface area contributed by atoms with Crippen molar-refractivity contribution in [3.05, 3.63) is 0 Å². The number of nitrogens with zero attached hydrogens (tertiary/aromatic N) is 1. The predicted octanol–water partition coefficient (Wildman–Crippen LogP) is 0.139. The summed E-state index contributed by atoms with van der Waals surface area (Å²) < 4.78 is 60.4. The lowest BCUT2D eigenvalue weighted by Crippen LogP contribution is -2.40. The number of likely N-dealkylation sites (tertiary alicyclic amines) is 1. The van der Waals surface area contributed by atoms with Crippen molar-refractivity contribution in [2.75, 3.05) is 19.6 Å². The first-order valence-electron chi connectivity index (χ1n) is 5.68. The summed E-state index contributed by atoms with van der Waals surface area (Å²) >= 11 is 0. The molecule has 1 saturated heterocycles. The summed E-state index contributed by atoms with van der Waals surface area (Å²) in [6, 6.07) is 0. The summed E-state index contributed by atoms with van der Waals surface area (Å²) in [6.45, 7) is -2.59. The standard InChI is InChI=1S/C10H13F5N2O3/c11-8(12)6(18)2-16-9(20)5-1-7(19)17(3-5)4-10(13,14)15/h5-6,8,18H,1-4H2,(H,16,20). The molecular weight excluding hydrogens is 291 g/mol. The van der Waals surface area contributed by atoms with Crippen LogP contribution in [0.15, 0.2) is 0 Å². The molecular formula is C10H13F5N2O3. The van der Waals surface area contributed by atoms with Gasteiger partial charge in [-0.2, -0.15) is 13.2 Å². The van der Waals surface area contributed by atoms with E-state index in [1.54, 1.807) is 0 Å². The first-order valence-corrected chi connectivity index (χ1v) is 5.68. The molecule has 5 nitrogen and oxygen atoms in total. The molecule has 0 bridgehead atoms. The van der Waals surface area contributed by atoms with E-state index in [0.29, 0.717) is 4.90 Å². The fraction of sp³-hybridized carbons (Fsp3) is 0.800. The van der Waals surface area contributed by atoms with E-state index in [2.05, 4.69) is 0 Å². The minimum absolute atomic E-state index is 0.410. The van der Waals surface area contributed by atoms with Gasteiger partial charge in [0.05, 0.1) is 5.92 Å². The third kappa shape index (κ3) is 4.91. The molecule has 1 aliphatic heterocycles. The molecule has 1 fully saturated rings. The van der Waals surface area contributed by atoms with Gasteiger partial charge in [-0.25, -0.2) is 8.78 Å². The number of halogens is 5. The Labute approximate surface area is 110 Å². The van der Waals surface area contributed by atoms with Crippen LogP contribution in [0.4, 0.5) is 22.0 Å². The number of aliphatic hydroxyl groups excluding tert-OH is 1. The molecule has 2 unspecified atom stereocenters. The van der Waals surface area contributed by atoms with Gasteiger partial charge in [0, 0.05) is 19.5 Å².